The van der Waals surface area contributed by atoms with Gasteiger partial charge < -0.3 is 5.11 Å². The normalized spacial score (nSPS) is 13.0. The summed E-state index contributed by atoms with van der Waals surface area (Å²) in [4.78, 5) is 21.9. The fraction of sp³-hybridized carbons (Fsp3) is 0.477. The molecule has 5 rings (SSSR count). The van der Waals surface area contributed by atoms with Gasteiger partial charge in [-0.15, -0.1) is 29.1 Å². The van der Waals surface area contributed by atoms with E-state index in [1.807, 2.05) is 47.7 Å². The number of benzene rings is 2. The number of aliphatic hydroxyl groups excluding tert-OH is 1. The van der Waals surface area contributed by atoms with Crippen molar-refractivity contribution in [3.8, 4) is 22.5 Å². The van der Waals surface area contributed by atoms with Crippen LogP contribution in [0.15, 0.2) is 66.7 Å². The molecule has 0 atom stereocenters. The molecule has 2 aromatic heterocycles. The van der Waals surface area contributed by atoms with Crippen LogP contribution in [-0.4, -0.2) is 20.9 Å². The molecule has 0 amide bonds. The van der Waals surface area contributed by atoms with Gasteiger partial charge in [0.1, 0.15) is 5.76 Å². The van der Waals surface area contributed by atoms with Gasteiger partial charge in [-0.05, 0) is 85.1 Å². The first-order valence-corrected chi connectivity index (χ1v) is 18.2. The van der Waals surface area contributed by atoms with Crippen molar-refractivity contribution < 1.29 is 30.0 Å². The molecule has 5 heteroatoms. The molecular formula is C44H57IrN2O2-. The van der Waals surface area contributed by atoms with Crippen molar-refractivity contribution in [1.82, 2.24) is 9.97 Å². The first-order chi connectivity index (χ1) is 22.8. The van der Waals surface area contributed by atoms with Crippen LogP contribution in [0.1, 0.15) is 123 Å². The van der Waals surface area contributed by atoms with Gasteiger partial charge in [-0.1, -0.05) is 104 Å². The molecule has 0 bridgehead atoms. The van der Waals surface area contributed by atoms with Crippen molar-refractivity contribution in [1.29, 1.82) is 0 Å². The van der Waals surface area contributed by atoms with Gasteiger partial charge in [0.15, 0.2) is 5.78 Å². The van der Waals surface area contributed by atoms with Gasteiger partial charge in [0.25, 0.3) is 0 Å². The average Bonchev–Trinajstić information content (AvgIpc) is 3.09. The zero-order valence-corrected chi connectivity index (χ0v) is 33.9. The number of hydrogen-bond donors (Lipinski definition) is 1. The van der Waals surface area contributed by atoms with Gasteiger partial charge in [-0.25, -0.2) is 0 Å². The van der Waals surface area contributed by atoms with E-state index in [-0.39, 0.29) is 42.5 Å². The molecule has 2 aromatic carbocycles. The second kappa shape index (κ2) is 17.2. The van der Waals surface area contributed by atoms with Crippen molar-refractivity contribution in [2.75, 3.05) is 0 Å². The van der Waals surface area contributed by atoms with Gasteiger partial charge in [-0.3, -0.25) is 14.8 Å². The molecule has 4 aromatic rings. The van der Waals surface area contributed by atoms with E-state index in [0.29, 0.717) is 11.8 Å². The number of fused-ring (bicyclic) bond motifs is 4. The van der Waals surface area contributed by atoms with E-state index >= 15 is 0 Å². The average molecular weight is 838 g/mol. The third-order valence-corrected chi connectivity index (χ3v) is 10.9. The maximum absolute atomic E-state index is 12.2. The number of aromatic nitrogens is 2. The van der Waals surface area contributed by atoms with Crippen LogP contribution in [0, 0.1) is 22.8 Å². The van der Waals surface area contributed by atoms with Crippen LogP contribution in [0.2, 0.25) is 0 Å². The molecular weight excluding hydrogens is 781 g/mol. The number of allylic oxidation sites excluding steroid dienone is 2. The number of carbonyl (C=O) groups is 1. The third-order valence-electron chi connectivity index (χ3n) is 10.9. The summed E-state index contributed by atoms with van der Waals surface area (Å²) < 4.78 is 0. The first-order valence-electron chi connectivity index (χ1n) is 18.2. The molecule has 0 saturated carbocycles. The molecule has 1 N–H and O–H groups in total. The fourth-order valence-corrected chi connectivity index (χ4v) is 6.58. The van der Waals surface area contributed by atoms with Crippen molar-refractivity contribution in [2.45, 2.75) is 120 Å². The Balaban J connectivity index is 0.000000312. The smallest absolute Gasteiger partial charge is 0.164 e. The summed E-state index contributed by atoms with van der Waals surface area (Å²) >= 11 is 0. The van der Waals surface area contributed by atoms with Crippen LogP contribution in [0.4, 0.5) is 0 Å². The second-order valence-electron chi connectivity index (χ2n) is 14.9. The minimum atomic E-state index is -0.337. The van der Waals surface area contributed by atoms with Crippen LogP contribution in [-0.2, 0) is 44.2 Å². The maximum Gasteiger partial charge on any atom is 0.164 e. The summed E-state index contributed by atoms with van der Waals surface area (Å²) in [6, 6.07) is 19.0. The molecule has 1 aliphatic rings. The van der Waals surface area contributed by atoms with E-state index in [4.69, 9.17) is 9.97 Å². The zero-order valence-electron chi connectivity index (χ0n) is 31.5. The monoisotopic (exact) mass is 838 g/mol. The van der Waals surface area contributed by atoms with Gasteiger partial charge >= 0.3 is 0 Å². The number of pyridine rings is 2. The van der Waals surface area contributed by atoms with E-state index < -0.39 is 0 Å². The van der Waals surface area contributed by atoms with Gasteiger partial charge in [-0.2, -0.15) is 0 Å². The van der Waals surface area contributed by atoms with Crippen molar-refractivity contribution in [3.63, 3.8) is 0 Å². The number of ketones is 1. The molecule has 1 radical (unpaired) electrons. The SMILES string of the molecule is CC(C)Cc1cnc2c(c1)CCc1c-2ccnc1-c1[c-]c2ccccc2c(C(C)C)c1.CCC(C)(CC)C(=O)/C=C(\O)C(C)(CC)CC.[Ir]. The molecule has 0 fully saturated rings. The minimum absolute atomic E-state index is 0. The largest absolute Gasteiger partial charge is 0.512 e. The second-order valence-corrected chi connectivity index (χ2v) is 14.9. The van der Waals surface area contributed by atoms with Crippen LogP contribution in [0.25, 0.3) is 33.3 Å². The Morgan fingerprint density at radius 1 is 0.898 bits per heavy atom. The fourth-order valence-electron chi connectivity index (χ4n) is 6.58. The van der Waals surface area contributed by atoms with Crippen molar-refractivity contribution in [3.05, 3.63) is 95.0 Å². The number of hydrogen-bond acceptors (Lipinski definition) is 4. The van der Waals surface area contributed by atoms with E-state index in [0.717, 1.165) is 67.3 Å². The van der Waals surface area contributed by atoms with Gasteiger partial charge in [0, 0.05) is 55.1 Å². The summed E-state index contributed by atoms with van der Waals surface area (Å²) in [5, 5.41) is 12.6. The number of rotatable bonds is 11. The standard InChI is InChI=1S/C29H29N2.C15H28O2.Ir/c1-18(2)13-20-14-22-9-10-25-26(28(22)31-17-20)11-12-30-29(25)23-15-21-7-5-6-8-24(21)27(16-23)19(3)4;1-7-14(5,8-2)12(16)11-13(17)15(6,9-3)10-4;/h5-8,11-12,14,16-19H,9-10,13H2,1-4H3;11,16H,7-10H2,1-6H3;/q-1;;/b;12-11-;. The molecule has 0 unspecified atom stereocenters. The van der Waals surface area contributed by atoms with Crippen LogP contribution < -0.4 is 0 Å². The Morgan fingerprint density at radius 3 is 2.16 bits per heavy atom. The number of carbonyl (C=O) groups excluding carboxylic acids is 1. The summed E-state index contributed by atoms with van der Waals surface area (Å²) in [5.41, 5.74) is 9.29. The quantitative estimate of drug-likeness (QED) is 0.0928. The van der Waals surface area contributed by atoms with E-state index in [1.165, 1.54) is 39.3 Å². The predicted octanol–water partition coefficient (Wildman–Crippen LogP) is 11.8. The molecule has 4 nitrogen and oxygen atoms in total. The summed E-state index contributed by atoms with van der Waals surface area (Å²) in [7, 11) is 0. The Bertz CT molecular complexity index is 1760. The van der Waals surface area contributed by atoms with Gasteiger partial charge in [0.2, 0.25) is 0 Å². The Morgan fingerprint density at radius 2 is 1.55 bits per heavy atom. The molecule has 0 saturated heterocycles. The van der Waals surface area contributed by atoms with Crippen LogP contribution >= 0.6 is 0 Å². The molecule has 1 aliphatic carbocycles. The van der Waals surface area contributed by atoms with E-state index in [1.54, 1.807) is 0 Å². The van der Waals surface area contributed by atoms with Crippen molar-refractivity contribution in [2.24, 2.45) is 16.7 Å². The Hall–Kier alpha value is -3.14. The molecule has 2 heterocycles. The summed E-state index contributed by atoms with van der Waals surface area (Å²) in [5.74, 6) is 1.37. The van der Waals surface area contributed by atoms with Gasteiger partial charge in [0.05, 0.1) is 5.69 Å². The van der Waals surface area contributed by atoms with Crippen LogP contribution in [0.5, 0.6) is 0 Å². The molecule has 0 aliphatic heterocycles. The third kappa shape index (κ3) is 8.97. The Kier molecular flexibility index (Phi) is 14.1. The minimum Gasteiger partial charge on any atom is -0.512 e. The van der Waals surface area contributed by atoms with Crippen molar-refractivity contribution >= 4 is 16.6 Å². The zero-order chi connectivity index (χ0) is 35.2. The van der Waals surface area contributed by atoms with Crippen LogP contribution in [0.3, 0.4) is 0 Å². The number of aryl methyl sites for hydroxylation is 1. The summed E-state index contributed by atoms with van der Waals surface area (Å²) in [6.07, 6.45) is 11.8. The van der Waals surface area contributed by atoms with E-state index in [2.05, 4.69) is 82.4 Å². The maximum atomic E-state index is 12.2. The van der Waals surface area contributed by atoms with E-state index in [9.17, 15) is 9.90 Å². The molecule has 49 heavy (non-hydrogen) atoms. The predicted molar refractivity (Wildman–Crippen MR) is 202 cm³/mol. The molecule has 0 spiro atoms. The molecule has 265 valence electrons. The number of aliphatic hydroxyl groups is 1. The topological polar surface area (TPSA) is 63.1 Å². The summed E-state index contributed by atoms with van der Waals surface area (Å²) in [6.45, 7) is 21.1. The first kappa shape index (κ1) is 40.3. The Labute approximate surface area is 309 Å². The number of nitrogens with zero attached hydrogens (tertiary/aromatic N) is 2.